The Labute approximate surface area is 93.6 Å². The maximum Gasteiger partial charge on any atom is 0.0182 e. The van der Waals surface area contributed by atoms with Gasteiger partial charge in [-0.2, -0.15) is 0 Å². The highest BCUT2D eigenvalue weighted by atomic mass is 35.5. The van der Waals surface area contributed by atoms with E-state index in [-0.39, 0.29) is 12.4 Å². The van der Waals surface area contributed by atoms with Crippen LogP contribution < -0.4 is 5.73 Å². The van der Waals surface area contributed by atoms with Gasteiger partial charge in [0.15, 0.2) is 0 Å². The average molecular weight is 219 g/mol. The highest BCUT2D eigenvalue weighted by Crippen LogP contribution is 2.36. The van der Waals surface area contributed by atoms with E-state index in [2.05, 4.69) is 11.8 Å². The summed E-state index contributed by atoms with van der Waals surface area (Å²) in [5, 5.41) is 0. The Morgan fingerprint density at radius 2 is 1.86 bits per heavy atom. The van der Waals surface area contributed by atoms with Gasteiger partial charge in [-0.25, -0.2) is 0 Å². The number of hydrogen-bond acceptors (Lipinski definition) is 2. The van der Waals surface area contributed by atoms with Crippen molar-refractivity contribution in [3.05, 3.63) is 0 Å². The minimum atomic E-state index is 0. The summed E-state index contributed by atoms with van der Waals surface area (Å²) in [5.41, 5.74) is 6.51. The quantitative estimate of drug-likeness (QED) is 0.731. The van der Waals surface area contributed by atoms with Gasteiger partial charge >= 0.3 is 0 Å². The Bertz CT molecular complexity index is 178. The molecule has 2 aliphatic rings. The molecule has 0 aromatic carbocycles. The summed E-state index contributed by atoms with van der Waals surface area (Å²) < 4.78 is 0. The minimum Gasteiger partial charge on any atom is -0.327 e. The average Bonchev–Trinajstić information content (AvgIpc) is 2.54. The monoisotopic (exact) mass is 218 g/mol. The van der Waals surface area contributed by atoms with Crippen molar-refractivity contribution in [1.82, 2.24) is 4.90 Å². The van der Waals surface area contributed by atoms with Gasteiger partial charge in [0.25, 0.3) is 0 Å². The van der Waals surface area contributed by atoms with E-state index in [1.807, 2.05) is 0 Å². The molecular formula is C11H23ClN2. The number of hydrogen-bond donors (Lipinski definition) is 1. The van der Waals surface area contributed by atoms with Crippen LogP contribution in [0, 0.1) is 0 Å². The summed E-state index contributed by atoms with van der Waals surface area (Å²) in [6.07, 6.45) is 8.15. The predicted molar refractivity (Wildman–Crippen MR) is 62.9 cm³/mol. The normalized spacial score (nSPS) is 32.6. The molecule has 2 nitrogen and oxygen atoms in total. The van der Waals surface area contributed by atoms with E-state index >= 15 is 0 Å². The van der Waals surface area contributed by atoms with Crippen LogP contribution in [0.2, 0.25) is 0 Å². The molecule has 0 amide bonds. The van der Waals surface area contributed by atoms with Crippen LogP contribution in [-0.2, 0) is 0 Å². The molecular weight excluding hydrogens is 196 g/mol. The van der Waals surface area contributed by atoms with Crippen molar-refractivity contribution in [2.75, 3.05) is 13.1 Å². The Morgan fingerprint density at radius 1 is 1.21 bits per heavy atom. The molecule has 0 radical (unpaired) electrons. The zero-order valence-electron chi connectivity index (χ0n) is 9.17. The first kappa shape index (κ1) is 12.3. The van der Waals surface area contributed by atoms with Crippen LogP contribution in [0.1, 0.15) is 45.4 Å². The van der Waals surface area contributed by atoms with Crippen LogP contribution in [0.3, 0.4) is 0 Å². The number of piperidine rings is 1. The first-order chi connectivity index (χ1) is 6.21. The molecule has 0 aromatic heterocycles. The predicted octanol–water partition coefficient (Wildman–Crippen LogP) is 2.16. The van der Waals surface area contributed by atoms with Crippen molar-refractivity contribution in [2.24, 2.45) is 5.73 Å². The lowest BCUT2D eigenvalue weighted by Gasteiger charge is -2.43. The highest BCUT2D eigenvalue weighted by Gasteiger charge is 2.36. The first-order valence-electron chi connectivity index (χ1n) is 5.71. The van der Waals surface area contributed by atoms with Gasteiger partial charge < -0.3 is 5.73 Å². The smallest absolute Gasteiger partial charge is 0.0182 e. The third kappa shape index (κ3) is 2.41. The molecule has 0 spiro atoms. The molecule has 1 saturated carbocycles. The van der Waals surface area contributed by atoms with Crippen LogP contribution in [0.5, 0.6) is 0 Å². The second-order valence-electron chi connectivity index (χ2n) is 5.05. The first-order valence-corrected chi connectivity index (χ1v) is 5.71. The van der Waals surface area contributed by atoms with E-state index < -0.39 is 0 Å². The number of halogens is 1. The molecule has 84 valence electrons. The number of nitrogens with two attached hydrogens (primary N) is 1. The number of rotatable bonds is 1. The molecule has 0 aromatic rings. The molecule has 1 aliphatic heterocycles. The Kier molecular flexibility index (Phi) is 4.23. The second-order valence-corrected chi connectivity index (χ2v) is 5.05. The van der Waals surface area contributed by atoms with Gasteiger partial charge in [0.05, 0.1) is 0 Å². The van der Waals surface area contributed by atoms with Crippen molar-refractivity contribution in [1.29, 1.82) is 0 Å². The minimum absolute atomic E-state index is 0. The molecule has 1 heterocycles. The zero-order valence-corrected chi connectivity index (χ0v) is 9.98. The standard InChI is InChI=1S/C11H22N2.ClH/c1-11(6-2-3-7-11)13-8-4-5-10(12)9-13;/h10H,2-9,12H2,1H3;1H/t10-;/m1./s1. The summed E-state index contributed by atoms with van der Waals surface area (Å²) in [5.74, 6) is 0. The van der Waals surface area contributed by atoms with Gasteiger partial charge in [0.1, 0.15) is 0 Å². The molecule has 2 rings (SSSR count). The Balaban J connectivity index is 0.000000980. The number of nitrogens with zero attached hydrogens (tertiary/aromatic N) is 1. The summed E-state index contributed by atoms with van der Waals surface area (Å²) in [7, 11) is 0. The molecule has 1 saturated heterocycles. The van der Waals surface area contributed by atoms with Gasteiger partial charge in [-0.3, -0.25) is 4.90 Å². The summed E-state index contributed by atoms with van der Waals surface area (Å²) >= 11 is 0. The van der Waals surface area contributed by atoms with E-state index in [9.17, 15) is 0 Å². The molecule has 1 atom stereocenters. The van der Waals surface area contributed by atoms with Crippen LogP contribution in [0.4, 0.5) is 0 Å². The lowest BCUT2D eigenvalue weighted by atomic mass is 9.93. The van der Waals surface area contributed by atoms with Crippen molar-refractivity contribution in [3.63, 3.8) is 0 Å². The SMILES string of the molecule is CC1(N2CCC[C@@H](N)C2)CCCC1.Cl. The largest absolute Gasteiger partial charge is 0.327 e. The maximum atomic E-state index is 6.01. The van der Waals surface area contributed by atoms with E-state index in [4.69, 9.17) is 5.73 Å². The van der Waals surface area contributed by atoms with Gasteiger partial charge in [0.2, 0.25) is 0 Å². The third-order valence-electron chi connectivity index (χ3n) is 3.90. The maximum absolute atomic E-state index is 6.01. The van der Waals surface area contributed by atoms with Crippen LogP contribution >= 0.6 is 12.4 Å². The third-order valence-corrected chi connectivity index (χ3v) is 3.90. The van der Waals surface area contributed by atoms with Crippen molar-refractivity contribution in [2.45, 2.75) is 57.0 Å². The lowest BCUT2D eigenvalue weighted by Crippen LogP contribution is -2.52. The van der Waals surface area contributed by atoms with E-state index in [0.717, 1.165) is 6.54 Å². The molecule has 1 aliphatic carbocycles. The number of likely N-dealkylation sites (tertiary alicyclic amines) is 1. The second kappa shape index (κ2) is 4.82. The molecule has 0 unspecified atom stereocenters. The lowest BCUT2D eigenvalue weighted by molar-refractivity contribution is 0.0768. The van der Waals surface area contributed by atoms with Crippen molar-refractivity contribution < 1.29 is 0 Å². The fraction of sp³-hybridized carbons (Fsp3) is 1.00. The topological polar surface area (TPSA) is 29.3 Å². The molecule has 14 heavy (non-hydrogen) atoms. The van der Waals surface area contributed by atoms with E-state index in [1.165, 1.54) is 45.1 Å². The molecule has 2 fully saturated rings. The van der Waals surface area contributed by atoms with Gasteiger partial charge in [-0.05, 0) is 39.2 Å². The molecule has 0 bridgehead atoms. The fourth-order valence-corrected chi connectivity index (χ4v) is 2.95. The van der Waals surface area contributed by atoms with Crippen LogP contribution in [0.15, 0.2) is 0 Å². The Hall–Kier alpha value is 0.210. The van der Waals surface area contributed by atoms with Crippen LogP contribution in [0.25, 0.3) is 0 Å². The van der Waals surface area contributed by atoms with E-state index in [0.29, 0.717) is 11.6 Å². The summed E-state index contributed by atoms with van der Waals surface area (Å²) in [6.45, 7) is 4.85. The summed E-state index contributed by atoms with van der Waals surface area (Å²) in [6, 6.07) is 0.436. The Morgan fingerprint density at radius 3 is 2.43 bits per heavy atom. The molecule has 3 heteroatoms. The van der Waals surface area contributed by atoms with Gasteiger partial charge in [0, 0.05) is 18.1 Å². The zero-order chi connectivity index (χ0) is 9.31. The highest BCUT2D eigenvalue weighted by molar-refractivity contribution is 5.85. The van der Waals surface area contributed by atoms with Crippen molar-refractivity contribution >= 4 is 12.4 Å². The van der Waals surface area contributed by atoms with Gasteiger partial charge in [-0.1, -0.05) is 12.8 Å². The van der Waals surface area contributed by atoms with Crippen LogP contribution in [-0.4, -0.2) is 29.6 Å². The van der Waals surface area contributed by atoms with Crippen molar-refractivity contribution in [3.8, 4) is 0 Å². The summed E-state index contributed by atoms with van der Waals surface area (Å²) in [4.78, 5) is 2.65. The van der Waals surface area contributed by atoms with Gasteiger partial charge in [-0.15, -0.1) is 12.4 Å². The molecule has 2 N–H and O–H groups in total. The fourth-order valence-electron chi connectivity index (χ4n) is 2.95. The van der Waals surface area contributed by atoms with E-state index in [1.54, 1.807) is 0 Å².